The van der Waals surface area contributed by atoms with Gasteiger partial charge < -0.3 is 14.7 Å². The molecule has 5 nitrogen and oxygen atoms in total. The summed E-state index contributed by atoms with van der Waals surface area (Å²) in [7, 11) is 0. The van der Waals surface area contributed by atoms with Crippen LogP contribution in [0.3, 0.4) is 0 Å². The van der Waals surface area contributed by atoms with Gasteiger partial charge in [-0.25, -0.2) is 0 Å². The van der Waals surface area contributed by atoms with Crippen molar-refractivity contribution in [2.24, 2.45) is 0 Å². The fourth-order valence-electron chi connectivity index (χ4n) is 1.89. The predicted octanol–water partition coefficient (Wildman–Crippen LogP) is 2.41. The molecule has 0 aliphatic heterocycles. The van der Waals surface area contributed by atoms with Crippen LogP contribution in [0.15, 0.2) is 24.3 Å². The molecule has 1 N–H and O–H groups in total. The van der Waals surface area contributed by atoms with Crippen LogP contribution in [0.5, 0.6) is 5.75 Å². The third kappa shape index (κ3) is 4.26. The summed E-state index contributed by atoms with van der Waals surface area (Å²) < 4.78 is 5.45. The highest BCUT2D eigenvalue weighted by Gasteiger charge is 2.22. The van der Waals surface area contributed by atoms with Gasteiger partial charge in [0.2, 0.25) is 0 Å². The lowest BCUT2D eigenvalue weighted by atomic mass is 10.1. The minimum absolute atomic E-state index is 0.0687. The van der Waals surface area contributed by atoms with E-state index in [1.165, 1.54) is 0 Å². The van der Waals surface area contributed by atoms with Crippen LogP contribution < -0.4 is 4.74 Å². The lowest BCUT2D eigenvalue weighted by Crippen LogP contribution is -2.38. The zero-order valence-corrected chi connectivity index (χ0v) is 12.1. The van der Waals surface area contributed by atoms with E-state index < -0.39 is 5.97 Å². The standard InChI is InChI=1S/C15H21NO4/c1-4-20-13-8-6-5-7-12(13)15(19)16(11(2)3)10-9-14(17)18/h5-8,11H,4,9-10H2,1-3H3,(H,17,18). The van der Waals surface area contributed by atoms with E-state index in [2.05, 4.69) is 0 Å². The Balaban J connectivity index is 2.97. The molecule has 0 atom stereocenters. The van der Waals surface area contributed by atoms with Crippen LogP contribution in [-0.4, -0.2) is 41.1 Å². The molecule has 0 aliphatic rings. The van der Waals surface area contributed by atoms with Crippen LogP contribution in [0, 0.1) is 0 Å². The van der Waals surface area contributed by atoms with E-state index in [4.69, 9.17) is 9.84 Å². The Morgan fingerprint density at radius 3 is 2.50 bits per heavy atom. The van der Waals surface area contributed by atoms with Crippen LogP contribution in [0.25, 0.3) is 0 Å². The molecule has 0 saturated heterocycles. The number of aliphatic carboxylic acids is 1. The number of rotatable bonds is 7. The number of hydrogen-bond donors (Lipinski definition) is 1. The fraction of sp³-hybridized carbons (Fsp3) is 0.467. The molecule has 1 aromatic carbocycles. The maximum absolute atomic E-state index is 12.5. The van der Waals surface area contributed by atoms with Gasteiger partial charge in [-0.05, 0) is 32.9 Å². The van der Waals surface area contributed by atoms with E-state index in [1.54, 1.807) is 29.2 Å². The van der Waals surface area contributed by atoms with Gasteiger partial charge in [0, 0.05) is 12.6 Å². The second-order valence-electron chi connectivity index (χ2n) is 4.67. The van der Waals surface area contributed by atoms with Crippen molar-refractivity contribution in [1.29, 1.82) is 0 Å². The van der Waals surface area contributed by atoms with Gasteiger partial charge in [-0.3, -0.25) is 9.59 Å². The second kappa shape index (κ2) is 7.53. The molecule has 0 fully saturated rings. The van der Waals surface area contributed by atoms with Crippen molar-refractivity contribution in [3.8, 4) is 5.75 Å². The molecule has 0 radical (unpaired) electrons. The Morgan fingerprint density at radius 1 is 1.30 bits per heavy atom. The first kappa shape index (κ1) is 16.0. The quantitative estimate of drug-likeness (QED) is 0.832. The minimum Gasteiger partial charge on any atom is -0.493 e. The summed E-state index contributed by atoms with van der Waals surface area (Å²) in [4.78, 5) is 24.8. The molecular formula is C15H21NO4. The van der Waals surface area contributed by atoms with Crippen LogP contribution in [0.1, 0.15) is 37.6 Å². The predicted molar refractivity (Wildman–Crippen MR) is 76.0 cm³/mol. The Morgan fingerprint density at radius 2 is 1.95 bits per heavy atom. The smallest absolute Gasteiger partial charge is 0.305 e. The number of carboxylic acids is 1. The van der Waals surface area contributed by atoms with E-state index in [-0.39, 0.29) is 24.9 Å². The summed E-state index contributed by atoms with van der Waals surface area (Å²) in [6.07, 6.45) is -0.0687. The Labute approximate surface area is 119 Å². The van der Waals surface area contributed by atoms with Crippen molar-refractivity contribution in [3.05, 3.63) is 29.8 Å². The van der Waals surface area contributed by atoms with E-state index >= 15 is 0 Å². The van der Waals surface area contributed by atoms with Gasteiger partial charge in [-0.1, -0.05) is 12.1 Å². The highest BCUT2D eigenvalue weighted by atomic mass is 16.5. The highest BCUT2D eigenvalue weighted by Crippen LogP contribution is 2.21. The van der Waals surface area contributed by atoms with E-state index in [0.29, 0.717) is 17.9 Å². The van der Waals surface area contributed by atoms with E-state index in [0.717, 1.165) is 0 Å². The Hall–Kier alpha value is -2.04. The molecule has 110 valence electrons. The summed E-state index contributed by atoms with van der Waals surface area (Å²) in [5.74, 6) is -0.590. The Bertz CT molecular complexity index is 471. The van der Waals surface area contributed by atoms with Crippen LogP contribution in [-0.2, 0) is 4.79 Å². The van der Waals surface area contributed by atoms with Gasteiger partial charge in [0.25, 0.3) is 5.91 Å². The van der Waals surface area contributed by atoms with Gasteiger partial charge in [0.15, 0.2) is 0 Å². The average molecular weight is 279 g/mol. The van der Waals surface area contributed by atoms with Crippen LogP contribution >= 0.6 is 0 Å². The second-order valence-corrected chi connectivity index (χ2v) is 4.67. The monoisotopic (exact) mass is 279 g/mol. The number of carbonyl (C=O) groups is 2. The number of benzene rings is 1. The van der Waals surface area contributed by atoms with Gasteiger partial charge in [-0.15, -0.1) is 0 Å². The molecule has 0 spiro atoms. The number of amides is 1. The summed E-state index contributed by atoms with van der Waals surface area (Å²) in [6, 6.07) is 6.94. The summed E-state index contributed by atoms with van der Waals surface area (Å²) in [5, 5.41) is 8.77. The SMILES string of the molecule is CCOc1ccccc1C(=O)N(CCC(=O)O)C(C)C. The third-order valence-corrected chi connectivity index (χ3v) is 2.87. The number of ether oxygens (including phenoxy) is 1. The maximum atomic E-state index is 12.5. The van der Waals surface area contributed by atoms with Crippen molar-refractivity contribution in [2.45, 2.75) is 33.2 Å². The van der Waals surface area contributed by atoms with Crippen molar-refractivity contribution >= 4 is 11.9 Å². The van der Waals surface area contributed by atoms with Crippen molar-refractivity contribution < 1.29 is 19.4 Å². The van der Waals surface area contributed by atoms with Crippen molar-refractivity contribution in [1.82, 2.24) is 4.90 Å². The van der Waals surface area contributed by atoms with Crippen molar-refractivity contribution in [3.63, 3.8) is 0 Å². The number of carbonyl (C=O) groups excluding carboxylic acids is 1. The molecular weight excluding hydrogens is 258 g/mol. The molecule has 20 heavy (non-hydrogen) atoms. The molecule has 0 unspecified atom stereocenters. The first-order valence-corrected chi connectivity index (χ1v) is 6.72. The third-order valence-electron chi connectivity index (χ3n) is 2.87. The van der Waals surface area contributed by atoms with Crippen molar-refractivity contribution in [2.75, 3.05) is 13.2 Å². The normalized spacial score (nSPS) is 10.4. The molecule has 0 heterocycles. The van der Waals surface area contributed by atoms with Gasteiger partial charge in [0.1, 0.15) is 5.75 Å². The number of carboxylic acid groups (broad SMARTS) is 1. The first-order valence-electron chi connectivity index (χ1n) is 6.72. The van der Waals surface area contributed by atoms with Crippen LogP contribution in [0.4, 0.5) is 0 Å². The summed E-state index contributed by atoms with van der Waals surface area (Å²) in [6.45, 7) is 6.24. The molecule has 1 rings (SSSR count). The Kier molecular flexibility index (Phi) is 6.03. The summed E-state index contributed by atoms with van der Waals surface area (Å²) in [5.41, 5.74) is 0.466. The lowest BCUT2D eigenvalue weighted by molar-refractivity contribution is -0.137. The first-order chi connectivity index (χ1) is 9.47. The molecule has 1 aromatic rings. The van der Waals surface area contributed by atoms with E-state index in [9.17, 15) is 9.59 Å². The minimum atomic E-state index is -0.915. The highest BCUT2D eigenvalue weighted by molar-refractivity contribution is 5.97. The maximum Gasteiger partial charge on any atom is 0.305 e. The zero-order valence-electron chi connectivity index (χ0n) is 12.1. The number of para-hydroxylation sites is 1. The van der Waals surface area contributed by atoms with Crippen LogP contribution in [0.2, 0.25) is 0 Å². The molecule has 0 saturated carbocycles. The van der Waals surface area contributed by atoms with E-state index in [1.807, 2.05) is 20.8 Å². The topological polar surface area (TPSA) is 66.8 Å². The number of hydrogen-bond acceptors (Lipinski definition) is 3. The molecule has 5 heteroatoms. The average Bonchev–Trinajstić information content (AvgIpc) is 2.39. The number of nitrogens with zero attached hydrogens (tertiary/aromatic N) is 1. The molecule has 0 aliphatic carbocycles. The molecule has 0 bridgehead atoms. The zero-order chi connectivity index (χ0) is 15.1. The lowest BCUT2D eigenvalue weighted by Gasteiger charge is -2.27. The largest absolute Gasteiger partial charge is 0.493 e. The fourth-order valence-corrected chi connectivity index (χ4v) is 1.89. The molecule has 1 amide bonds. The van der Waals surface area contributed by atoms with Gasteiger partial charge in [-0.2, -0.15) is 0 Å². The van der Waals surface area contributed by atoms with Gasteiger partial charge in [0.05, 0.1) is 18.6 Å². The van der Waals surface area contributed by atoms with Gasteiger partial charge >= 0.3 is 5.97 Å². The molecule has 0 aromatic heterocycles. The summed E-state index contributed by atoms with van der Waals surface area (Å²) >= 11 is 0.